The molecular weight excluding hydrogens is 607 g/mol. The minimum Gasteiger partial charge on any atom is -0.506 e. The van der Waals surface area contributed by atoms with Gasteiger partial charge in [0.2, 0.25) is 5.16 Å². The number of unbranched alkanes of at least 4 members (excludes halogenated alkanes) is 1. The Labute approximate surface area is 281 Å². The van der Waals surface area contributed by atoms with Crippen molar-refractivity contribution in [2.75, 3.05) is 13.2 Å². The van der Waals surface area contributed by atoms with Crippen LogP contribution < -0.4 is 10.1 Å². The third-order valence-electron chi connectivity index (χ3n) is 8.11. The van der Waals surface area contributed by atoms with Crippen molar-refractivity contribution in [2.45, 2.75) is 76.3 Å². The van der Waals surface area contributed by atoms with E-state index < -0.39 is 0 Å². The summed E-state index contributed by atoms with van der Waals surface area (Å²) in [5, 5.41) is 28.3. The lowest BCUT2D eigenvalue weighted by Gasteiger charge is -2.15. The van der Waals surface area contributed by atoms with Gasteiger partial charge in [-0.15, -0.1) is 5.10 Å². The molecule has 0 saturated heterocycles. The number of phenolic OH excluding ortho intramolecular Hbond substituents is 1. The van der Waals surface area contributed by atoms with Crippen LogP contribution in [0.2, 0.25) is 0 Å². The first-order chi connectivity index (χ1) is 22.8. The number of ether oxygens (including phenoxy) is 1. The number of rotatable bonds is 16. The summed E-state index contributed by atoms with van der Waals surface area (Å²) in [5.74, 6) is 1.91. The van der Waals surface area contributed by atoms with E-state index in [0.29, 0.717) is 35.5 Å². The topological polar surface area (TPSA) is 102 Å². The van der Waals surface area contributed by atoms with Crippen molar-refractivity contribution in [2.24, 2.45) is 11.8 Å². The number of hydrogen-bond acceptors (Lipinski definition) is 7. The van der Waals surface area contributed by atoms with Crippen molar-refractivity contribution >= 4 is 28.4 Å². The molecule has 246 valence electrons. The molecule has 9 heteroatoms. The van der Waals surface area contributed by atoms with Crippen LogP contribution in [0.25, 0.3) is 16.5 Å². The molecule has 5 aromatic rings. The van der Waals surface area contributed by atoms with Crippen molar-refractivity contribution < 1.29 is 14.6 Å². The number of aromatic hydroxyl groups is 1. The number of carbonyl (C=O) groups excluding carboxylic acids is 1. The maximum atomic E-state index is 13.3. The van der Waals surface area contributed by atoms with E-state index >= 15 is 0 Å². The normalized spacial score (nSPS) is 11.4. The van der Waals surface area contributed by atoms with Crippen molar-refractivity contribution in [1.82, 2.24) is 25.5 Å². The molecule has 0 unspecified atom stereocenters. The number of amides is 1. The number of para-hydroxylation sites is 1. The zero-order valence-electron chi connectivity index (χ0n) is 27.8. The van der Waals surface area contributed by atoms with Gasteiger partial charge in [-0.2, -0.15) is 4.68 Å². The first-order valence-corrected chi connectivity index (χ1v) is 17.4. The lowest BCUT2D eigenvalue weighted by atomic mass is 9.97. The highest BCUT2D eigenvalue weighted by Gasteiger charge is 2.20. The molecular formula is C38H45N5O3S. The van der Waals surface area contributed by atoms with E-state index in [2.05, 4.69) is 66.7 Å². The van der Waals surface area contributed by atoms with Crippen molar-refractivity contribution in [3.8, 4) is 17.2 Å². The van der Waals surface area contributed by atoms with Crippen LogP contribution in [0.3, 0.4) is 0 Å². The highest BCUT2D eigenvalue weighted by Crippen LogP contribution is 2.39. The van der Waals surface area contributed by atoms with Crippen LogP contribution in [0.15, 0.2) is 88.9 Å². The Morgan fingerprint density at radius 2 is 1.62 bits per heavy atom. The number of benzene rings is 4. The smallest absolute Gasteiger partial charge is 0.255 e. The SMILES string of the molecule is CC(C)CCc1ccc(OCCCCNC(=O)c2cc(Sc3nnnn3-c3ccccc3)c3ccccc3c2O)c(CCC(C)C)c1. The van der Waals surface area contributed by atoms with Gasteiger partial charge in [0, 0.05) is 16.8 Å². The van der Waals surface area contributed by atoms with E-state index in [9.17, 15) is 9.90 Å². The van der Waals surface area contributed by atoms with Gasteiger partial charge in [-0.05, 0) is 113 Å². The highest BCUT2D eigenvalue weighted by atomic mass is 32.2. The fourth-order valence-corrected chi connectivity index (χ4v) is 6.35. The molecule has 0 atom stereocenters. The molecule has 0 saturated carbocycles. The molecule has 0 aliphatic carbocycles. The summed E-state index contributed by atoms with van der Waals surface area (Å²) in [6.45, 7) is 10.1. The number of aromatic nitrogens is 4. The molecule has 0 spiro atoms. The Kier molecular flexibility index (Phi) is 11.9. The minimum atomic E-state index is -0.327. The van der Waals surface area contributed by atoms with Gasteiger partial charge in [0.25, 0.3) is 5.91 Å². The molecule has 0 radical (unpaired) electrons. The van der Waals surface area contributed by atoms with Crippen molar-refractivity contribution in [3.63, 3.8) is 0 Å². The molecule has 2 N–H and O–H groups in total. The van der Waals surface area contributed by atoms with Gasteiger partial charge in [-0.25, -0.2) is 0 Å². The number of nitrogens with zero attached hydrogens (tertiary/aromatic N) is 4. The third kappa shape index (κ3) is 9.13. The van der Waals surface area contributed by atoms with E-state index in [1.165, 1.54) is 29.3 Å². The maximum Gasteiger partial charge on any atom is 0.255 e. The van der Waals surface area contributed by atoms with E-state index in [4.69, 9.17) is 4.74 Å². The second-order valence-corrected chi connectivity index (χ2v) is 13.8. The van der Waals surface area contributed by atoms with Crippen LogP contribution in [0.4, 0.5) is 0 Å². The first-order valence-electron chi connectivity index (χ1n) is 16.6. The summed E-state index contributed by atoms with van der Waals surface area (Å²) in [5.41, 5.74) is 3.70. The van der Waals surface area contributed by atoms with Gasteiger partial charge in [-0.3, -0.25) is 4.79 Å². The van der Waals surface area contributed by atoms with Gasteiger partial charge in [0.05, 0.1) is 17.9 Å². The predicted molar refractivity (Wildman–Crippen MR) is 189 cm³/mol. The predicted octanol–water partition coefficient (Wildman–Crippen LogP) is 8.44. The Bertz CT molecular complexity index is 1770. The van der Waals surface area contributed by atoms with Crippen LogP contribution in [-0.4, -0.2) is 44.4 Å². The average Bonchev–Trinajstić information content (AvgIpc) is 3.54. The fraction of sp³-hybridized carbons (Fsp3) is 0.368. The molecule has 1 amide bonds. The maximum absolute atomic E-state index is 13.3. The number of tetrazole rings is 1. The second kappa shape index (κ2) is 16.5. The van der Waals surface area contributed by atoms with E-state index in [1.807, 2.05) is 54.6 Å². The Hall–Kier alpha value is -4.37. The number of aryl methyl sites for hydroxylation is 2. The monoisotopic (exact) mass is 651 g/mol. The third-order valence-corrected chi connectivity index (χ3v) is 9.10. The number of carbonyl (C=O) groups is 1. The minimum absolute atomic E-state index is 0.0424. The number of hydrogen-bond donors (Lipinski definition) is 2. The molecule has 0 fully saturated rings. The van der Waals surface area contributed by atoms with Crippen molar-refractivity contribution in [1.29, 1.82) is 0 Å². The molecule has 8 nitrogen and oxygen atoms in total. The zero-order valence-corrected chi connectivity index (χ0v) is 28.6. The summed E-state index contributed by atoms with van der Waals surface area (Å²) in [6.07, 6.45) is 5.96. The van der Waals surface area contributed by atoms with Gasteiger partial charge in [0.15, 0.2) is 0 Å². The summed E-state index contributed by atoms with van der Waals surface area (Å²) in [6, 6.07) is 25.5. The molecule has 5 rings (SSSR count). The molecule has 0 aliphatic rings. The van der Waals surface area contributed by atoms with Gasteiger partial charge in [-0.1, -0.05) is 82.3 Å². The lowest BCUT2D eigenvalue weighted by Crippen LogP contribution is -2.25. The molecule has 0 bridgehead atoms. The van der Waals surface area contributed by atoms with Crippen LogP contribution in [0.5, 0.6) is 11.5 Å². The number of fused-ring (bicyclic) bond motifs is 1. The van der Waals surface area contributed by atoms with Crippen LogP contribution in [0.1, 0.15) is 74.9 Å². The molecule has 4 aromatic carbocycles. The van der Waals surface area contributed by atoms with Crippen molar-refractivity contribution in [3.05, 3.63) is 95.6 Å². The summed E-state index contributed by atoms with van der Waals surface area (Å²) in [7, 11) is 0. The first kappa shape index (κ1) is 34.0. The average molecular weight is 652 g/mol. The zero-order chi connectivity index (χ0) is 33.2. The highest BCUT2D eigenvalue weighted by molar-refractivity contribution is 7.99. The van der Waals surface area contributed by atoms with Gasteiger partial charge < -0.3 is 15.2 Å². The number of nitrogens with one attached hydrogen (secondary N) is 1. The molecule has 0 aliphatic heterocycles. The van der Waals surface area contributed by atoms with E-state index in [1.54, 1.807) is 10.7 Å². The molecule has 1 aromatic heterocycles. The lowest BCUT2D eigenvalue weighted by molar-refractivity contribution is 0.0949. The van der Waals surface area contributed by atoms with E-state index in [-0.39, 0.29) is 17.2 Å². The van der Waals surface area contributed by atoms with Crippen LogP contribution in [-0.2, 0) is 12.8 Å². The van der Waals surface area contributed by atoms with Crippen LogP contribution >= 0.6 is 11.8 Å². The quantitative estimate of drug-likeness (QED) is 0.103. The van der Waals surface area contributed by atoms with Gasteiger partial charge >= 0.3 is 0 Å². The van der Waals surface area contributed by atoms with Crippen LogP contribution in [0, 0.1) is 11.8 Å². The molecule has 1 heterocycles. The summed E-state index contributed by atoms with van der Waals surface area (Å²) >= 11 is 1.35. The second-order valence-electron chi connectivity index (χ2n) is 12.7. The molecule has 47 heavy (non-hydrogen) atoms. The Morgan fingerprint density at radius 3 is 2.38 bits per heavy atom. The van der Waals surface area contributed by atoms with Gasteiger partial charge in [0.1, 0.15) is 11.5 Å². The fourth-order valence-electron chi connectivity index (χ4n) is 5.39. The Morgan fingerprint density at radius 1 is 0.894 bits per heavy atom. The van der Waals surface area contributed by atoms with E-state index in [0.717, 1.165) is 53.8 Å². The number of phenols is 1. The summed E-state index contributed by atoms with van der Waals surface area (Å²) < 4.78 is 7.90. The standard InChI is InChI=1S/C38H45N5O3S/c1-26(2)16-18-28-19-21-34(29(24-28)20-17-27(3)4)46-23-11-10-22-39-37(45)33-25-35(31-14-8-9-15-32(31)36(33)44)47-38-40-41-42-43(38)30-12-6-5-7-13-30/h5-9,12-15,19,21,24-27,44H,10-11,16-18,20,22-23H2,1-4H3,(H,39,45). The summed E-state index contributed by atoms with van der Waals surface area (Å²) in [4.78, 5) is 14.1. The Balaban J connectivity index is 1.20. The largest absolute Gasteiger partial charge is 0.506 e.